The average Bonchev–Trinajstić information content (AvgIpc) is 3.07. The third-order valence-corrected chi connectivity index (χ3v) is 6.52. The Kier molecular flexibility index (Phi) is 4.75. The van der Waals surface area contributed by atoms with Crippen LogP contribution in [0.2, 0.25) is 5.15 Å². The Morgan fingerprint density at radius 1 is 1.10 bits per heavy atom. The van der Waals surface area contributed by atoms with Crippen LogP contribution >= 0.6 is 11.6 Å². The number of alkyl halides is 1. The van der Waals surface area contributed by atoms with Crippen LogP contribution in [-0.4, -0.2) is 28.0 Å². The van der Waals surface area contributed by atoms with E-state index in [1.807, 2.05) is 24.3 Å². The number of amides is 1. The molecule has 0 bridgehead atoms. The van der Waals surface area contributed by atoms with E-state index < -0.39 is 6.17 Å². The molecule has 2 atom stereocenters. The van der Waals surface area contributed by atoms with Crippen molar-refractivity contribution in [2.45, 2.75) is 50.9 Å². The molecule has 1 aromatic heterocycles. The number of benzene rings is 2. The molecule has 0 saturated heterocycles. The molecule has 1 saturated carbocycles. The van der Waals surface area contributed by atoms with Crippen molar-refractivity contribution in [3.63, 3.8) is 0 Å². The van der Waals surface area contributed by atoms with Crippen LogP contribution in [-0.2, 0) is 13.0 Å². The molecule has 2 aliphatic rings. The van der Waals surface area contributed by atoms with Crippen LogP contribution in [0.4, 0.5) is 4.39 Å². The van der Waals surface area contributed by atoms with E-state index in [0.717, 1.165) is 52.3 Å². The van der Waals surface area contributed by atoms with E-state index in [4.69, 9.17) is 11.6 Å². The topological polar surface area (TPSA) is 33.2 Å². The molecule has 3 aromatic rings. The lowest BCUT2D eigenvalue weighted by Crippen LogP contribution is -2.43. The lowest BCUT2D eigenvalue weighted by Gasteiger charge is -2.33. The van der Waals surface area contributed by atoms with Crippen LogP contribution in [0.3, 0.4) is 0 Å². The van der Waals surface area contributed by atoms with Gasteiger partial charge in [0.2, 0.25) is 0 Å². The fourth-order valence-corrected chi connectivity index (χ4v) is 4.94. The molecule has 3 nitrogen and oxygen atoms in total. The molecule has 5 rings (SSSR count). The van der Waals surface area contributed by atoms with E-state index in [1.54, 1.807) is 17.2 Å². The van der Waals surface area contributed by atoms with Gasteiger partial charge in [-0.1, -0.05) is 54.8 Å². The fourth-order valence-electron chi connectivity index (χ4n) is 4.83. The molecule has 1 aliphatic carbocycles. The van der Waals surface area contributed by atoms with Crippen molar-refractivity contribution in [3.8, 4) is 0 Å². The Morgan fingerprint density at radius 3 is 2.66 bits per heavy atom. The molecule has 2 aromatic carbocycles. The van der Waals surface area contributed by atoms with Gasteiger partial charge in [0.05, 0.1) is 6.04 Å². The van der Waals surface area contributed by atoms with Gasteiger partial charge in [-0.3, -0.25) is 4.79 Å². The third kappa shape index (κ3) is 3.29. The summed E-state index contributed by atoms with van der Waals surface area (Å²) in [7, 11) is 0. The summed E-state index contributed by atoms with van der Waals surface area (Å²) >= 11 is 5.92. The van der Waals surface area contributed by atoms with Crippen LogP contribution in [0, 0.1) is 0 Å². The molecule has 1 unspecified atom stereocenters. The van der Waals surface area contributed by atoms with Gasteiger partial charge in [0, 0.05) is 18.3 Å². The number of carbonyl (C=O) groups is 1. The molecule has 148 valence electrons. The second-order valence-electron chi connectivity index (χ2n) is 8.07. The number of fused-ring (bicyclic) bond motifs is 3. The van der Waals surface area contributed by atoms with Gasteiger partial charge in [0.15, 0.2) is 0 Å². The summed E-state index contributed by atoms with van der Waals surface area (Å²) in [6.45, 7) is 0.503. The van der Waals surface area contributed by atoms with Crippen molar-refractivity contribution in [2.75, 3.05) is 0 Å². The number of aromatic nitrogens is 1. The normalized spacial score (nSPS) is 21.6. The van der Waals surface area contributed by atoms with Crippen molar-refractivity contribution < 1.29 is 9.18 Å². The van der Waals surface area contributed by atoms with Crippen LogP contribution in [0.15, 0.2) is 48.7 Å². The number of halogens is 2. The van der Waals surface area contributed by atoms with E-state index in [-0.39, 0.29) is 11.9 Å². The van der Waals surface area contributed by atoms with Gasteiger partial charge in [0.25, 0.3) is 5.91 Å². The Morgan fingerprint density at radius 2 is 1.90 bits per heavy atom. The SMILES string of the molecule is O=C1c2cc(Cc3ccc(Cl)nc3)c3ccccc3c2CN1C1CCCC[C@@H]1F. The minimum atomic E-state index is -0.923. The number of hydrogen-bond donors (Lipinski definition) is 0. The zero-order valence-electron chi connectivity index (χ0n) is 16.1. The van der Waals surface area contributed by atoms with Gasteiger partial charge in [0.1, 0.15) is 11.3 Å². The quantitative estimate of drug-likeness (QED) is 0.519. The summed E-state index contributed by atoms with van der Waals surface area (Å²) in [5, 5.41) is 2.69. The summed E-state index contributed by atoms with van der Waals surface area (Å²) in [5.74, 6) is -0.0317. The lowest BCUT2D eigenvalue weighted by atomic mass is 9.92. The van der Waals surface area contributed by atoms with E-state index in [1.165, 1.54) is 0 Å². The van der Waals surface area contributed by atoms with Gasteiger partial charge in [-0.15, -0.1) is 0 Å². The van der Waals surface area contributed by atoms with Gasteiger partial charge < -0.3 is 4.90 Å². The second-order valence-corrected chi connectivity index (χ2v) is 8.46. The number of rotatable bonds is 3. The van der Waals surface area contributed by atoms with Crippen LogP contribution in [0.25, 0.3) is 10.8 Å². The highest BCUT2D eigenvalue weighted by molar-refractivity contribution is 6.29. The molecule has 0 N–H and O–H groups in total. The Bertz CT molecular complexity index is 1080. The first kappa shape index (κ1) is 18.6. The summed E-state index contributed by atoms with van der Waals surface area (Å²) in [5.41, 5.74) is 3.87. The minimum Gasteiger partial charge on any atom is -0.328 e. The van der Waals surface area contributed by atoms with Crippen molar-refractivity contribution >= 4 is 28.3 Å². The first-order valence-corrected chi connectivity index (χ1v) is 10.6. The molecule has 0 spiro atoms. The molecule has 5 heteroatoms. The van der Waals surface area contributed by atoms with Crippen molar-refractivity contribution in [1.29, 1.82) is 0 Å². The zero-order chi connectivity index (χ0) is 20.0. The zero-order valence-corrected chi connectivity index (χ0v) is 16.8. The predicted octanol–water partition coefficient (Wildman–Crippen LogP) is 5.72. The molecule has 1 aliphatic heterocycles. The summed E-state index contributed by atoms with van der Waals surface area (Å²) < 4.78 is 14.6. The maximum absolute atomic E-state index is 14.6. The monoisotopic (exact) mass is 408 g/mol. The van der Waals surface area contributed by atoms with Gasteiger partial charge in [-0.25, -0.2) is 9.37 Å². The van der Waals surface area contributed by atoms with Gasteiger partial charge in [-0.2, -0.15) is 0 Å². The molecule has 29 heavy (non-hydrogen) atoms. The van der Waals surface area contributed by atoms with Crippen molar-refractivity contribution in [3.05, 3.63) is 76.1 Å². The third-order valence-electron chi connectivity index (χ3n) is 6.29. The number of hydrogen-bond acceptors (Lipinski definition) is 2. The maximum atomic E-state index is 14.6. The first-order valence-electron chi connectivity index (χ1n) is 10.2. The fraction of sp³-hybridized carbons (Fsp3) is 0.333. The van der Waals surface area contributed by atoms with Gasteiger partial charge in [-0.05, 0) is 58.9 Å². The highest BCUT2D eigenvalue weighted by Gasteiger charge is 2.39. The minimum absolute atomic E-state index is 0.0317. The maximum Gasteiger partial charge on any atom is 0.254 e. The summed E-state index contributed by atoms with van der Waals surface area (Å²) in [6, 6.07) is 13.6. The van der Waals surface area contributed by atoms with E-state index >= 15 is 0 Å². The van der Waals surface area contributed by atoms with E-state index in [0.29, 0.717) is 24.5 Å². The van der Waals surface area contributed by atoms with Gasteiger partial charge >= 0.3 is 0 Å². The van der Waals surface area contributed by atoms with Crippen molar-refractivity contribution in [2.24, 2.45) is 0 Å². The molecular weight excluding hydrogens is 387 g/mol. The number of pyridine rings is 1. The number of nitrogens with zero attached hydrogens (tertiary/aromatic N) is 2. The molecule has 1 amide bonds. The van der Waals surface area contributed by atoms with Crippen LogP contribution in [0.1, 0.15) is 52.7 Å². The highest BCUT2D eigenvalue weighted by Crippen LogP contribution is 2.37. The highest BCUT2D eigenvalue weighted by atomic mass is 35.5. The molecule has 1 fully saturated rings. The molecule has 0 radical (unpaired) electrons. The Hall–Kier alpha value is -2.46. The summed E-state index contributed by atoms with van der Waals surface area (Å²) in [4.78, 5) is 19.2. The predicted molar refractivity (Wildman–Crippen MR) is 113 cm³/mol. The van der Waals surface area contributed by atoms with E-state index in [2.05, 4.69) is 17.1 Å². The first-order chi connectivity index (χ1) is 14.1. The standard InChI is InChI=1S/C24H22ClFN2O/c25-23-10-9-15(13-27-23)11-16-12-19-20(18-6-2-1-5-17(16)18)14-28(24(19)29)22-8-4-3-7-21(22)26/h1-2,5-6,9-10,12-13,21-22H,3-4,7-8,11,14H2/t21-,22?/m0/s1. The van der Waals surface area contributed by atoms with Crippen LogP contribution in [0.5, 0.6) is 0 Å². The largest absolute Gasteiger partial charge is 0.328 e. The molecule has 2 heterocycles. The smallest absolute Gasteiger partial charge is 0.254 e. The summed E-state index contributed by atoms with van der Waals surface area (Å²) in [6.07, 6.45) is 4.72. The molecular formula is C24H22ClFN2O. The lowest BCUT2D eigenvalue weighted by molar-refractivity contribution is 0.0484. The van der Waals surface area contributed by atoms with Crippen LogP contribution < -0.4 is 0 Å². The van der Waals surface area contributed by atoms with E-state index in [9.17, 15) is 9.18 Å². The average molecular weight is 409 g/mol. The Labute approximate surface area is 174 Å². The van der Waals surface area contributed by atoms with Crippen molar-refractivity contribution in [1.82, 2.24) is 9.88 Å². The Balaban J connectivity index is 1.56. The number of carbonyl (C=O) groups excluding carboxylic acids is 1. The second kappa shape index (κ2) is 7.42.